The van der Waals surface area contributed by atoms with Gasteiger partial charge in [-0.2, -0.15) is 0 Å². The van der Waals surface area contributed by atoms with Crippen LogP contribution in [0.4, 0.5) is 5.82 Å². The normalized spacial score (nSPS) is 10.3. The summed E-state index contributed by atoms with van der Waals surface area (Å²) >= 11 is 0. The van der Waals surface area contributed by atoms with E-state index in [0.29, 0.717) is 23.7 Å². The van der Waals surface area contributed by atoms with Crippen LogP contribution in [0.1, 0.15) is 21.7 Å². The van der Waals surface area contributed by atoms with E-state index < -0.39 is 18.5 Å². The summed E-state index contributed by atoms with van der Waals surface area (Å²) in [5.74, 6) is 0.371. The van der Waals surface area contributed by atoms with Gasteiger partial charge in [0.1, 0.15) is 18.1 Å². The van der Waals surface area contributed by atoms with Crippen molar-refractivity contribution in [3.8, 4) is 5.75 Å². The van der Waals surface area contributed by atoms with Crippen LogP contribution in [0.15, 0.2) is 65.2 Å². The van der Waals surface area contributed by atoms with Crippen molar-refractivity contribution in [3.63, 3.8) is 0 Å². The zero-order chi connectivity index (χ0) is 19.1. The summed E-state index contributed by atoms with van der Waals surface area (Å²) < 4.78 is 15.5. The van der Waals surface area contributed by atoms with Crippen LogP contribution < -0.4 is 10.1 Å². The van der Waals surface area contributed by atoms with Gasteiger partial charge in [-0.15, -0.1) is 0 Å². The summed E-state index contributed by atoms with van der Waals surface area (Å²) in [5.41, 5.74) is 1.38. The predicted octanol–water partition coefficient (Wildman–Crippen LogP) is 3.36. The smallest absolute Gasteiger partial charge is 0.338 e. The number of rotatable bonds is 7. The molecule has 0 saturated heterocycles. The van der Waals surface area contributed by atoms with Crippen molar-refractivity contribution in [1.82, 2.24) is 5.16 Å². The van der Waals surface area contributed by atoms with E-state index in [0.717, 1.165) is 5.56 Å². The molecule has 0 radical (unpaired) electrons. The van der Waals surface area contributed by atoms with Gasteiger partial charge in [0.15, 0.2) is 12.4 Å². The third-order valence-corrected chi connectivity index (χ3v) is 3.57. The van der Waals surface area contributed by atoms with Crippen LogP contribution in [0, 0.1) is 6.92 Å². The second-order valence-corrected chi connectivity index (χ2v) is 5.75. The Labute approximate surface area is 155 Å². The maximum absolute atomic E-state index is 12.0. The zero-order valence-corrected chi connectivity index (χ0v) is 14.7. The van der Waals surface area contributed by atoms with Crippen LogP contribution >= 0.6 is 0 Å². The van der Waals surface area contributed by atoms with E-state index in [1.807, 2.05) is 30.3 Å². The Hall–Kier alpha value is -3.61. The fraction of sp³-hybridized carbons (Fsp3) is 0.150. The van der Waals surface area contributed by atoms with E-state index in [-0.39, 0.29) is 5.82 Å². The number of benzene rings is 2. The third kappa shape index (κ3) is 5.43. The molecule has 0 aliphatic heterocycles. The van der Waals surface area contributed by atoms with Crippen molar-refractivity contribution in [1.29, 1.82) is 0 Å². The van der Waals surface area contributed by atoms with Crippen LogP contribution in [0.2, 0.25) is 0 Å². The molecular formula is C20H18N2O5. The number of amides is 1. The molecule has 27 heavy (non-hydrogen) atoms. The summed E-state index contributed by atoms with van der Waals surface area (Å²) in [6.45, 7) is 1.72. The molecule has 0 unspecified atom stereocenters. The quantitative estimate of drug-likeness (QED) is 0.645. The minimum Gasteiger partial charge on any atom is -0.489 e. The predicted molar refractivity (Wildman–Crippen MR) is 97.4 cm³/mol. The van der Waals surface area contributed by atoms with E-state index in [9.17, 15) is 9.59 Å². The van der Waals surface area contributed by atoms with Crippen LogP contribution in [-0.2, 0) is 16.1 Å². The number of carbonyl (C=O) groups is 2. The second-order valence-electron chi connectivity index (χ2n) is 5.75. The second kappa shape index (κ2) is 8.66. The summed E-state index contributed by atoms with van der Waals surface area (Å²) in [6.07, 6.45) is 0. The van der Waals surface area contributed by atoms with Crippen molar-refractivity contribution in [2.75, 3.05) is 11.9 Å². The lowest BCUT2D eigenvalue weighted by Crippen LogP contribution is -2.21. The maximum atomic E-state index is 12.0. The molecule has 2 aromatic carbocycles. The highest BCUT2D eigenvalue weighted by Crippen LogP contribution is 2.15. The number of anilines is 1. The SMILES string of the molecule is Cc1cc(NC(=O)COC(=O)c2ccc(OCc3ccccc3)cc2)no1. The topological polar surface area (TPSA) is 90.7 Å². The molecule has 0 spiro atoms. The highest BCUT2D eigenvalue weighted by Gasteiger charge is 2.12. The highest BCUT2D eigenvalue weighted by atomic mass is 16.5. The molecule has 138 valence electrons. The maximum Gasteiger partial charge on any atom is 0.338 e. The van der Waals surface area contributed by atoms with Gasteiger partial charge < -0.3 is 19.3 Å². The van der Waals surface area contributed by atoms with E-state index in [4.69, 9.17) is 14.0 Å². The molecular weight excluding hydrogens is 348 g/mol. The molecule has 3 rings (SSSR count). The van der Waals surface area contributed by atoms with Crippen LogP contribution in [0.3, 0.4) is 0 Å². The summed E-state index contributed by atoms with van der Waals surface area (Å²) in [6, 6.07) is 17.9. The molecule has 0 fully saturated rings. The number of aryl methyl sites for hydroxylation is 1. The van der Waals surface area contributed by atoms with Gasteiger partial charge in [0.25, 0.3) is 5.91 Å². The van der Waals surface area contributed by atoms with E-state index in [2.05, 4.69) is 10.5 Å². The van der Waals surface area contributed by atoms with Gasteiger partial charge >= 0.3 is 5.97 Å². The third-order valence-electron chi connectivity index (χ3n) is 3.57. The highest BCUT2D eigenvalue weighted by molar-refractivity contribution is 5.95. The molecule has 0 bridgehead atoms. The minimum absolute atomic E-state index is 0.272. The van der Waals surface area contributed by atoms with Gasteiger partial charge in [-0.05, 0) is 36.8 Å². The number of nitrogens with zero attached hydrogens (tertiary/aromatic N) is 1. The van der Waals surface area contributed by atoms with E-state index in [1.165, 1.54) is 0 Å². The number of hydrogen-bond acceptors (Lipinski definition) is 6. The molecule has 0 atom stereocenters. The molecule has 1 amide bonds. The molecule has 0 aliphatic carbocycles. The number of hydrogen-bond donors (Lipinski definition) is 1. The van der Waals surface area contributed by atoms with Crippen LogP contribution in [0.5, 0.6) is 5.75 Å². The molecule has 0 aliphatic rings. The summed E-state index contributed by atoms with van der Waals surface area (Å²) in [7, 11) is 0. The molecule has 0 saturated carbocycles. The molecule has 3 aromatic rings. The Balaban J connectivity index is 1.46. The lowest BCUT2D eigenvalue weighted by molar-refractivity contribution is -0.119. The van der Waals surface area contributed by atoms with Crippen molar-refractivity contribution in [2.24, 2.45) is 0 Å². The number of esters is 1. The Kier molecular flexibility index (Phi) is 5.84. The van der Waals surface area contributed by atoms with Crippen molar-refractivity contribution in [3.05, 3.63) is 77.6 Å². The average Bonchev–Trinajstić information content (AvgIpc) is 3.10. The van der Waals surface area contributed by atoms with E-state index >= 15 is 0 Å². The summed E-state index contributed by atoms with van der Waals surface area (Å²) in [5, 5.41) is 6.10. The first-order chi connectivity index (χ1) is 13.1. The Bertz CT molecular complexity index is 904. The Morgan fingerprint density at radius 2 is 1.81 bits per heavy atom. The standard InChI is InChI=1S/C20H18N2O5/c1-14-11-18(22-27-14)21-19(23)13-26-20(24)16-7-9-17(10-8-16)25-12-15-5-3-2-4-6-15/h2-11H,12-13H2,1H3,(H,21,22,23). The monoisotopic (exact) mass is 366 g/mol. The zero-order valence-electron chi connectivity index (χ0n) is 14.7. The van der Waals surface area contributed by atoms with Gasteiger partial charge in [-0.3, -0.25) is 4.79 Å². The van der Waals surface area contributed by atoms with Gasteiger partial charge in [-0.1, -0.05) is 35.5 Å². The van der Waals surface area contributed by atoms with Crippen LogP contribution in [0.25, 0.3) is 0 Å². The number of nitrogens with one attached hydrogen (secondary N) is 1. The fourth-order valence-electron chi connectivity index (χ4n) is 2.25. The first-order valence-corrected chi connectivity index (χ1v) is 8.27. The van der Waals surface area contributed by atoms with Gasteiger partial charge in [0, 0.05) is 6.07 Å². The van der Waals surface area contributed by atoms with Gasteiger partial charge in [-0.25, -0.2) is 4.79 Å². The fourth-order valence-corrected chi connectivity index (χ4v) is 2.25. The Morgan fingerprint density at radius 1 is 1.07 bits per heavy atom. The first kappa shape index (κ1) is 18.2. The number of ether oxygens (including phenoxy) is 2. The summed E-state index contributed by atoms with van der Waals surface area (Å²) in [4.78, 5) is 23.8. The van der Waals surface area contributed by atoms with Crippen molar-refractivity contribution in [2.45, 2.75) is 13.5 Å². The number of carbonyl (C=O) groups excluding carboxylic acids is 2. The van der Waals surface area contributed by atoms with E-state index in [1.54, 1.807) is 37.3 Å². The van der Waals surface area contributed by atoms with Crippen molar-refractivity contribution < 1.29 is 23.6 Å². The molecule has 7 heteroatoms. The Morgan fingerprint density at radius 3 is 2.48 bits per heavy atom. The van der Waals surface area contributed by atoms with Crippen LogP contribution in [-0.4, -0.2) is 23.6 Å². The number of aromatic nitrogens is 1. The minimum atomic E-state index is -0.601. The largest absolute Gasteiger partial charge is 0.489 e. The molecule has 1 heterocycles. The van der Waals surface area contributed by atoms with Crippen molar-refractivity contribution >= 4 is 17.7 Å². The lowest BCUT2D eigenvalue weighted by Gasteiger charge is -2.08. The van der Waals surface area contributed by atoms with Gasteiger partial charge in [0.05, 0.1) is 5.56 Å². The first-order valence-electron chi connectivity index (χ1n) is 8.27. The lowest BCUT2D eigenvalue weighted by atomic mass is 10.2. The average molecular weight is 366 g/mol. The molecule has 1 N–H and O–H groups in total. The van der Waals surface area contributed by atoms with Gasteiger partial charge in [0.2, 0.25) is 0 Å². The molecule has 7 nitrogen and oxygen atoms in total. The molecule has 1 aromatic heterocycles.